The Morgan fingerprint density at radius 2 is 2.25 bits per heavy atom. The molecule has 0 aliphatic carbocycles. The van der Waals surface area contributed by atoms with E-state index in [1.165, 1.54) is 0 Å². The quantitative estimate of drug-likeness (QED) is 0.797. The van der Waals surface area contributed by atoms with E-state index in [2.05, 4.69) is 20.9 Å². The van der Waals surface area contributed by atoms with Crippen LogP contribution >= 0.6 is 15.9 Å². The van der Waals surface area contributed by atoms with Crippen molar-refractivity contribution >= 4 is 21.8 Å². The highest BCUT2D eigenvalue weighted by atomic mass is 79.9. The van der Waals surface area contributed by atoms with Gasteiger partial charge in [0, 0.05) is 24.1 Å². The molecule has 0 spiro atoms. The molecule has 4 heteroatoms. The van der Waals surface area contributed by atoms with Crippen LogP contribution < -0.4 is 0 Å². The average molecular weight is 285 g/mol. The van der Waals surface area contributed by atoms with Crippen LogP contribution in [-0.4, -0.2) is 33.7 Å². The molecule has 0 aromatic carbocycles. The van der Waals surface area contributed by atoms with Crippen LogP contribution in [0.2, 0.25) is 0 Å². The predicted octanol–water partition coefficient (Wildman–Crippen LogP) is 2.64. The number of halogens is 1. The van der Waals surface area contributed by atoms with E-state index in [0.717, 1.165) is 10.9 Å². The highest BCUT2D eigenvalue weighted by molar-refractivity contribution is 9.09. The molecule has 0 bridgehead atoms. The number of hydrogen-bond donors (Lipinski definition) is 0. The monoisotopic (exact) mass is 284 g/mol. The molecule has 0 saturated carbocycles. The maximum absolute atomic E-state index is 12.2. The van der Waals surface area contributed by atoms with Gasteiger partial charge < -0.3 is 4.90 Å². The summed E-state index contributed by atoms with van der Waals surface area (Å²) in [6.07, 6.45) is 1.66. The van der Waals surface area contributed by atoms with Gasteiger partial charge in [0.05, 0.1) is 0 Å². The highest BCUT2D eigenvalue weighted by Crippen LogP contribution is 2.10. The van der Waals surface area contributed by atoms with Gasteiger partial charge in [0.1, 0.15) is 5.69 Å². The Balaban J connectivity index is 2.95. The lowest BCUT2D eigenvalue weighted by Gasteiger charge is -2.26. The van der Waals surface area contributed by atoms with Gasteiger partial charge in [-0.1, -0.05) is 22.0 Å². The van der Waals surface area contributed by atoms with Crippen molar-refractivity contribution in [2.24, 2.45) is 0 Å². The zero-order valence-corrected chi connectivity index (χ0v) is 11.5. The minimum Gasteiger partial charge on any atom is -0.334 e. The van der Waals surface area contributed by atoms with Gasteiger partial charge in [-0.25, -0.2) is 0 Å². The standard InChI is InChI=1S/C12H17BrN2O/c1-9(2)15(8-6-13)12(16)11-10(3)5-4-7-14-11/h4-5,7,9H,6,8H2,1-3H3. The zero-order valence-electron chi connectivity index (χ0n) is 9.90. The fourth-order valence-electron chi connectivity index (χ4n) is 1.53. The topological polar surface area (TPSA) is 33.2 Å². The normalized spacial score (nSPS) is 10.6. The largest absolute Gasteiger partial charge is 0.334 e. The van der Waals surface area contributed by atoms with Gasteiger partial charge >= 0.3 is 0 Å². The van der Waals surface area contributed by atoms with Crippen LogP contribution in [0.15, 0.2) is 18.3 Å². The van der Waals surface area contributed by atoms with Crippen LogP contribution in [0.3, 0.4) is 0 Å². The van der Waals surface area contributed by atoms with Crippen LogP contribution in [-0.2, 0) is 0 Å². The second kappa shape index (κ2) is 5.99. The Kier molecular flexibility index (Phi) is 4.93. The van der Waals surface area contributed by atoms with E-state index < -0.39 is 0 Å². The first-order valence-electron chi connectivity index (χ1n) is 5.36. The Hall–Kier alpha value is -0.900. The number of alkyl halides is 1. The van der Waals surface area contributed by atoms with Crippen LogP contribution in [0.4, 0.5) is 0 Å². The second-order valence-electron chi connectivity index (χ2n) is 3.95. The molecule has 3 nitrogen and oxygen atoms in total. The molecule has 0 N–H and O–H groups in total. The van der Waals surface area contributed by atoms with Gasteiger partial charge in [-0.15, -0.1) is 0 Å². The third-order valence-electron chi connectivity index (χ3n) is 2.42. The summed E-state index contributed by atoms with van der Waals surface area (Å²) in [5.41, 5.74) is 1.48. The van der Waals surface area contributed by atoms with Crippen molar-refractivity contribution in [2.45, 2.75) is 26.8 Å². The SMILES string of the molecule is Cc1cccnc1C(=O)N(CCBr)C(C)C. The van der Waals surface area contributed by atoms with E-state index in [-0.39, 0.29) is 11.9 Å². The first kappa shape index (κ1) is 13.2. The van der Waals surface area contributed by atoms with Gasteiger partial charge in [0.25, 0.3) is 5.91 Å². The van der Waals surface area contributed by atoms with Gasteiger partial charge in [-0.05, 0) is 32.4 Å². The molecule has 0 radical (unpaired) electrons. The molecular formula is C12H17BrN2O. The lowest BCUT2D eigenvalue weighted by Crippen LogP contribution is -2.39. The number of amides is 1. The van der Waals surface area contributed by atoms with E-state index in [4.69, 9.17) is 0 Å². The highest BCUT2D eigenvalue weighted by Gasteiger charge is 2.20. The molecule has 88 valence electrons. The van der Waals surface area contributed by atoms with Crippen LogP contribution in [0, 0.1) is 6.92 Å². The number of rotatable bonds is 4. The molecule has 1 amide bonds. The molecule has 0 aliphatic rings. The first-order chi connectivity index (χ1) is 7.57. The Labute approximate surface area is 105 Å². The van der Waals surface area contributed by atoms with E-state index >= 15 is 0 Å². The lowest BCUT2D eigenvalue weighted by atomic mass is 10.2. The number of aryl methyl sites for hydroxylation is 1. The minimum absolute atomic E-state index is 0.00699. The van der Waals surface area contributed by atoms with Crippen LogP contribution in [0.5, 0.6) is 0 Å². The van der Waals surface area contributed by atoms with Gasteiger partial charge in [0.15, 0.2) is 0 Å². The molecule has 1 rings (SSSR count). The van der Waals surface area contributed by atoms with Crippen molar-refractivity contribution in [2.75, 3.05) is 11.9 Å². The summed E-state index contributed by atoms with van der Waals surface area (Å²) in [6.45, 7) is 6.64. The van der Waals surface area contributed by atoms with Crippen molar-refractivity contribution in [1.29, 1.82) is 0 Å². The maximum atomic E-state index is 12.2. The van der Waals surface area contributed by atoms with Crippen molar-refractivity contribution in [3.8, 4) is 0 Å². The second-order valence-corrected chi connectivity index (χ2v) is 4.74. The van der Waals surface area contributed by atoms with Crippen LogP contribution in [0.1, 0.15) is 29.9 Å². The van der Waals surface area contributed by atoms with Crippen molar-refractivity contribution in [1.82, 2.24) is 9.88 Å². The summed E-state index contributed by atoms with van der Waals surface area (Å²) in [7, 11) is 0. The molecule has 0 fully saturated rings. The molecule has 0 unspecified atom stereocenters. The molecule has 16 heavy (non-hydrogen) atoms. The van der Waals surface area contributed by atoms with Gasteiger partial charge in [0.2, 0.25) is 0 Å². The van der Waals surface area contributed by atoms with Gasteiger partial charge in [-0.3, -0.25) is 9.78 Å². The fourth-order valence-corrected chi connectivity index (χ4v) is 1.91. The fraction of sp³-hybridized carbons (Fsp3) is 0.500. The van der Waals surface area contributed by atoms with Crippen molar-refractivity contribution < 1.29 is 4.79 Å². The molecule has 1 heterocycles. The summed E-state index contributed by atoms with van der Waals surface area (Å²) >= 11 is 3.36. The smallest absolute Gasteiger partial charge is 0.272 e. The molecule has 1 aromatic rings. The summed E-state index contributed by atoms with van der Waals surface area (Å²) < 4.78 is 0. The minimum atomic E-state index is 0.00699. The van der Waals surface area contributed by atoms with E-state index in [0.29, 0.717) is 12.2 Å². The average Bonchev–Trinajstić information content (AvgIpc) is 2.25. The Bertz CT molecular complexity index is 366. The van der Waals surface area contributed by atoms with E-state index in [9.17, 15) is 4.79 Å². The maximum Gasteiger partial charge on any atom is 0.272 e. The molecule has 0 saturated heterocycles. The molecule has 0 atom stereocenters. The third kappa shape index (κ3) is 3.04. The number of pyridine rings is 1. The number of aromatic nitrogens is 1. The van der Waals surface area contributed by atoms with E-state index in [1.807, 2.05) is 37.8 Å². The number of nitrogens with zero attached hydrogens (tertiary/aromatic N) is 2. The zero-order chi connectivity index (χ0) is 12.1. The predicted molar refractivity (Wildman–Crippen MR) is 68.9 cm³/mol. The van der Waals surface area contributed by atoms with Gasteiger partial charge in [-0.2, -0.15) is 0 Å². The summed E-state index contributed by atoms with van der Waals surface area (Å²) in [6, 6.07) is 3.94. The van der Waals surface area contributed by atoms with Crippen molar-refractivity contribution in [3.05, 3.63) is 29.6 Å². The molecular weight excluding hydrogens is 268 g/mol. The summed E-state index contributed by atoms with van der Waals surface area (Å²) in [5.74, 6) is 0.00699. The van der Waals surface area contributed by atoms with Crippen LogP contribution in [0.25, 0.3) is 0 Å². The number of hydrogen-bond acceptors (Lipinski definition) is 2. The number of carbonyl (C=O) groups excluding carboxylic acids is 1. The summed E-state index contributed by atoms with van der Waals surface area (Å²) in [5, 5.41) is 0.781. The molecule has 0 aliphatic heterocycles. The number of carbonyl (C=O) groups is 1. The van der Waals surface area contributed by atoms with E-state index in [1.54, 1.807) is 6.20 Å². The third-order valence-corrected chi connectivity index (χ3v) is 2.78. The summed E-state index contributed by atoms with van der Waals surface area (Å²) in [4.78, 5) is 18.2. The Morgan fingerprint density at radius 3 is 2.75 bits per heavy atom. The lowest BCUT2D eigenvalue weighted by molar-refractivity contribution is 0.0712. The first-order valence-corrected chi connectivity index (χ1v) is 6.48. The molecule has 1 aromatic heterocycles. The Morgan fingerprint density at radius 1 is 1.56 bits per heavy atom. The van der Waals surface area contributed by atoms with Crippen molar-refractivity contribution in [3.63, 3.8) is 0 Å².